The summed E-state index contributed by atoms with van der Waals surface area (Å²) in [7, 11) is 0. The van der Waals surface area contributed by atoms with Crippen molar-refractivity contribution in [3.63, 3.8) is 0 Å². The molecular formula is C14H24N2O4. The molecule has 0 spiro atoms. The quantitative estimate of drug-likeness (QED) is 0.762. The third-order valence-electron chi connectivity index (χ3n) is 3.41. The first-order chi connectivity index (χ1) is 9.30. The predicted octanol–water partition coefficient (Wildman–Crippen LogP) is 1.01. The Kier molecular flexibility index (Phi) is 5.98. The second-order valence-electron chi connectivity index (χ2n) is 6.13. The Morgan fingerprint density at radius 3 is 2.25 bits per heavy atom. The molecule has 114 valence electrons. The van der Waals surface area contributed by atoms with Gasteiger partial charge in [0.25, 0.3) is 0 Å². The molecule has 0 aliphatic carbocycles. The minimum absolute atomic E-state index is 0.00197. The molecule has 0 atom stereocenters. The Morgan fingerprint density at radius 2 is 1.70 bits per heavy atom. The zero-order valence-corrected chi connectivity index (χ0v) is 12.3. The Bertz CT molecular complexity index is 373. The lowest BCUT2D eigenvalue weighted by atomic mass is 9.85. The molecule has 20 heavy (non-hydrogen) atoms. The second kappa shape index (κ2) is 7.26. The molecule has 1 fully saturated rings. The zero-order valence-electron chi connectivity index (χ0n) is 12.3. The lowest BCUT2D eigenvalue weighted by molar-refractivity contribution is -0.140. The maximum absolute atomic E-state index is 11.9. The van der Waals surface area contributed by atoms with Crippen LogP contribution in [0.1, 0.15) is 46.0 Å². The van der Waals surface area contributed by atoms with E-state index >= 15 is 0 Å². The number of amides is 2. The molecule has 0 aromatic carbocycles. The van der Waals surface area contributed by atoms with Crippen LogP contribution in [0.2, 0.25) is 0 Å². The number of carbonyl (C=O) groups excluding carboxylic acids is 2. The summed E-state index contributed by atoms with van der Waals surface area (Å²) in [6, 6.07) is 0. The van der Waals surface area contributed by atoms with E-state index in [9.17, 15) is 14.4 Å². The number of carboxylic acid groups (broad SMARTS) is 1. The van der Waals surface area contributed by atoms with Gasteiger partial charge in [0.2, 0.25) is 11.8 Å². The van der Waals surface area contributed by atoms with Crippen molar-refractivity contribution in [2.75, 3.05) is 19.6 Å². The van der Waals surface area contributed by atoms with E-state index in [-0.39, 0.29) is 31.2 Å². The highest BCUT2D eigenvalue weighted by Crippen LogP contribution is 2.24. The van der Waals surface area contributed by atoms with Crippen molar-refractivity contribution in [2.45, 2.75) is 46.0 Å². The van der Waals surface area contributed by atoms with Crippen LogP contribution in [0, 0.1) is 5.41 Å². The van der Waals surface area contributed by atoms with Gasteiger partial charge in [0.15, 0.2) is 0 Å². The summed E-state index contributed by atoms with van der Waals surface area (Å²) in [6.45, 7) is 4.99. The van der Waals surface area contributed by atoms with Crippen LogP contribution in [0.25, 0.3) is 0 Å². The minimum Gasteiger partial charge on any atom is -0.481 e. The van der Waals surface area contributed by atoms with Gasteiger partial charge in [0.1, 0.15) is 0 Å². The predicted molar refractivity (Wildman–Crippen MR) is 74.1 cm³/mol. The van der Waals surface area contributed by atoms with E-state index in [0.29, 0.717) is 0 Å². The summed E-state index contributed by atoms with van der Waals surface area (Å²) in [6.07, 6.45) is 3.23. The average Bonchev–Trinajstić information content (AvgIpc) is 2.34. The van der Waals surface area contributed by atoms with E-state index in [4.69, 9.17) is 5.11 Å². The summed E-state index contributed by atoms with van der Waals surface area (Å²) < 4.78 is 0. The fourth-order valence-corrected chi connectivity index (χ4v) is 2.40. The van der Waals surface area contributed by atoms with Crippen LogP contribution in [0.3, 0.4) is 0 Å². The Hall–Kier alpha value is -1.59. The van der Waals surface area contributed by atoms with Crippen molar-refractivity contribution in [3.05, 3.63) is 0 Å². The molecule has 1 aliphatic heterocycles. The fraction of sp³-hybridized carbons (Fsp3) is 0.786. The van der Waals surface area contributed by atoms with E-state index in [1.807, 2.05) is 0 Å². The molecule has 1 saturated heterocycles. The van der Waals surface area contributed by atoms with Crippen molar-refractivity contribution < 1.29 is 19.5 Å². The van der Waals surface area contributed by atoms with Gasteiger partial charge in [-0.1, -0.05) is 13.8 Å². The zero-order chi connectivity index (χ0) is 15.2. The highest BCUT2D eigenvalue weighted by atomic mass is 16.4. The van der Waals surface area contributed by atoms with Gasteiger partial charge < -0.3 is 15.3 Å². The van der Waals surface area contributed by atoms with Gasteiger partial charge in [-0.3, -0.25) is 14.4 Å². The molecule has 2 amide bonds. The van der Waals surface area contributed by atoms with Crippen molar-refractivity contribution in [1.82, 2.24) is 10.2 Å². The minimum atomic E-state index is -0.924. The third-order valence-corrected chi connectivity index (χ3v) is 3.41. The van der Waals surface area contributed by atoms with Gasteiger partial charge in [-0.2, -0.15) is 0 Å². The van der Waals surface area contributed by atoms with Crippen LogP contribution in [-0.2, 0) is 14.4 Å². The van der Waals surface area contributed by atoms with Crippen molar-refractivity contribution in [3.8, 4) is 0 Å². The van der Waals surface area contributed by atoms with Crippen LogP contribution in [-0.4, -0.2) is 47.4 Å². The fourth-order valence-electron chi connectivity index (χ4n) is 2.40. The first-order valence-corrected chi connectivity index (χ1v) is 7.06. The summed E-state index contributed by atoms with van der Waals surface area (Å²) in [4.78, 5) is 36.1. The Balaban J connectivity index is 2.31. The van der Waals surface area contributed by atoms with Gasteiger partial charge >= 0.3 is 5.97 Å². The lowest BCUT2D eigenvalue weighted by Gasteiger charge is -2.27. The largest absolute Gasteiger partial charge is 0.481 e. The highest BCUT2D eigenvalue weighted by Gasteiger charge is 2.25. The monoisotopic (exact) mass is 284 g/mol. The molecule has 6 nitrogen and oxygen atoms in total. The number of carboxylic acids is 1. The number of hydrogen-bond donors (Lipinski definition) is 2. The standard InChI is InChI=1S/C14H24N2O4/c1-14(2,9-13(19)20)8-11(17)15-10-12(18)16-6-4-3-5-7-16/h3-10H2,1-2H3,(H,15,17)(H,19,20). The molecule has 1 heterocycles. The van der Waals surface area contributed by atoms with Gasteiger partial charge in [-0.05, 0) is 24.7 Å². The van der Waals surface area contributed by atoms with Crippen LogP contribution < -0.4 is 5.32 Å². The molecule has 0 bridgehead atoms. The summed E-state index contributed by atoms with van der Waals surface area (Å²) >= 11 is 0. The number of nitrogens with one attached hydrogen (secondary N) is 1. The first kappa shape index (κ1) is 16.5. The number of hydrogen-bond acceptors (Lipinski definition) is 3. The summed E-state index contributed by atoms with van der Waals surface area (Å²) in [5.41, 5.74) is -0.607. The molecule has 1 rings (SSSR count). The van der Waals surface area contributed by atoms with Crippen LogP contribution >= 0.6 is 0 Å². The first-order valence-electron chi connectivity index (χ1n) is 7.06. The number of nitrogens with zero attached hydrogens (tertiary/aromatic N) is 1. The van der Waals surface area contributed by atoms with E-state index < -0.39 is 11.4 Å². The molecule has 0 aromatic heterocycles. The van der Waals surface area contributed by atoms with E-state index in [1.165, 1.54) is 0 Å². The smallest absolute Gasteiger partial charge is 0.303 e. The van der Waals surface area contributed by atoms with E-state index in [2.05, 4.69) is 5.32 Å². The molecular weight excluding hydrogens is 260 g/mol. The van der Waals surface area contributed by atoms with Gasteiger partial charge in [-0.15, -0.1) is 0 Å². The van der Waals surface area contributed by atoms with Crippen molar-refractivity contribution in [1.29, 1.82) is 0 Å². The van der Waals surface area contributed by atoms with Crippen LogP contribution in [0.4, 0.5) is 0 Å². The summed E-state index contributed by atoms with van der Waals surface area (Å²) in [5, 5.41) is 11.3. The molecule has 0 unspecified atom stereocenters. The van der Waals surface area contributed by atoms with Crippen molar-refractivity contribution >= 4 is 17.8 Å². The van der Waals surface area contributed by atoms with E-state index in [1.54, 1.807) is 18.7 Å². The Labute approximate surface area is 119 Å². The van der Waals surface area contributed by atoms with E-state index in [0.717, 1.165) is 32.4 Å². The van der Waals surface area contributed by atoms with Gasteiger partial charge in [0, 0.05) is 19.5 Å². The topological polar surface area (TPSA) is 86.7 Å². The maximum Gasteiger partial charge on any atom is 0.303 e. The second-order valence-corrected chi connectivity index (χ2v) is 6.13. The highest BCUT2D eigenvalue weighted by molar-refractivity contribution is 5.85. The van der Waals surface area contributed by atoms with Crippen LogP contribution in [0.15, 0.2) is 0 Å². The average molecular weight is 284 g/mol. The van der Waals surface area contributed by atoms with Crippen LogP contribution in [0.5, 0.6) is 0 Å². The molecule has 0 aromatic rings. The number of likely N-dealkylation sites (tertiary alicyclic amines) is 1. The normalized spacial score (nSPS) is 15.8. The summed E-state index contributed by atoms with van der Waals surface area (Å²) in [5.74, 6) is -1.26. The molecule has 1 aliphatic rings. The molecule has 6 heteroatoms. The number of rotatable bonds is 6. The number of aliphatic carboxylic acids is 1. The van der Waals surface area contributed by atoms with Gasteiger partial charge in [0.05, 0.1) is 13.0 Å². The lowest BCUT2D eigenvalue weighted by Crippen LogP contribution is -2.43. The molecule has 0 radical (unpaired) electrons. The molecule has 0 saturated carbocycles. The van der Waals surface area contributed by atoms with Gasteiger partial charge in [-0.25, -0.2) is 0 Å². The SMILES string of the molecule is CC(C)(CC(=O)O)CC(=O)NCC(=O)N1CCCCC1. The number of piperidine rings is 1. The Morgan fingerprint density at radius 1 is 1.10 bits per heavy atom. The molecule has 2 N–H and O–H groups in total. The van der Waals surface area contributed by atoms with Crippen molar-refractivity contribution in [2.24, 2.45) is 5.41 Å². The maximum atomic E-state index is 11.9. The third kappa shape index (κ3) is 6.04. The number of carbonyl (C=O) groups is 3.